The summed E-state index contributed by atoms with van der Waals surface area (Å²) in [5.41, 5.74) is 0.522. The molecule has 2 N–H and O–H groups in total. The number of benzene rings is 1. The van der Waals surface area contributed by atoms with Gasteiger partial charge < -0.3 is 9.84 Å². The Morgan fingerprint density at radius 3 is 2.45 bits per heavy atom. The van der Waals surface area contributed by atoms with Crippen molar-refractivity contribution >= 4 is 10.0 Å². The lowest BCUT2D eigenvalue weighted by atomic mass is 10.0. The van der Waals surface area contributed by atoms with Crippen LogP contribution in [-0.4, -0.2) is 32.3 Å². The van der Waals surface area contributed by atoms with Gasteiger partial charge in [-0.3, -0.25) is 0 Å². The molecule has 124 valence electrons. The number of hydrogen-bond acceptors (Lipinski definition) is 4. The van der Waals surface area contributed by atoms with Crippen LogP contribution in [0.4, 0.5) is 0 Å². The van der Waals surface area contributed by atoms with Crippen molar-refractivity contribution in [2.75, 3.05) is 13.2 Å². The van der Waals surface area contributed by atoms with Gasteiger partial charge in [0.2, 0.25) is 10.0 Å². The van der Waals surface area contributed by atoms with Crippen molar-refractivity contribution in [3.63, 3.8) is 0 Å². The molecule has 6 heteroatoms. The number of nitrogens with one attached hydrogen (secondary N) is 1. The molecule has 2 rings (SSSR count). The van der Waals surface area contributed by atoms with E-state index in [1.54, 1.807) is 19.1 Å². The summed E-state index contributed by atoms with van der Waals surface area (Å²) in [5.74, 6) is 0.702. The number of aryl methyl sites for hydroxylation is 2. The molecule has 1 saturated carbocycles. The Labute approximate surface area is 132 Å². The maximum atomic E-state index is 12.5. The molecule has 0 aliphatic heterocycles. The molecule has 0 spiro atoms. The van der Waals surface area contributed by atoms with Crippen LogP contribution in [0.25, 0.3) is 0 Å². The fourth-order valence-electron chi connectivity index (χ4n) is 2.88. The highest BCUT2D eigenvalue weighted by Gasteiger charge is 2.32. The second-order valence-corrected chi connectivity index (χ2v) is 7.81. The molecule has 1 aliphatic carbocycles. The van der Waals surface area contributed by atoms with Crippen LogP contribution < -0.4 is 9.46 Å². The summed E-state index contributed by atoms with van der Waals surface area (Å²) in [4.78, 5) is 0.245. The third-order valence-corrected chi connectivity index (χ3v) is 5.73. The van der Waals surface area contributed by atoms with Gasteiger partial charge in [0, 0.05) is 6.54 Å². The van der Waals surface area contributed by atoms with E-state index in [4.69, 9.17) is 4.74 Å². The molecule has 0 unspecified atom stereocenters. The average molecular weight is 327 g/mol. The fraction of sp³-hybridized carbons (Fsp3) is 0.625. The van der Waals surface area contributed by atoms with Crippen LogP contribution >= 0.6 is 0 Å². The molecule has 1 aromatic rings. The largest absolute Gasteiger partial charge is 0.494 e. The lowest BCUT2D eigenvalue weighted by Gasteiger charge is -2.22. The molecule has 0 aromatic heterocycles. The van der Waals surface area contributed by atoms with E-state index < -0.39 is 15.6 Å². The molecule has 0 radical (unpaired) electrons. The van der Waals surface area contributed by atoms with Gasteiger partial charge >= 0.3 is 0 Å². The fourth-order valence-corrected chi connectivity index (χ4v) is 4.31. The molecule has 1 aliphatic rings. The first-order chi connectivity index (χ1) is 10.3. The second kappa shape index (κ2) is 6.56. The van der Waals surface area contributed by atoms with Crippen molar-refractivity contribution < 1.29 is 18.3 Å². The SMILES string of the molecule is CCOc1cc(C)c(S(=O)(=O)NCC2(O)CCCC2)cc1C. The first-order valence-corrected chi connectivity index (χ1v) is 9.22. The number of hydrogen-bond donors (Lipinski definition) is 2. The summed E-state index contributed by atoms with van der Waals surface area (Å²) in [6.45, 7) is 6.08. The Morgan fingerprint density at radius 1 is 1.23 bits per heavy atom. The van der Waals surface area contributed by atoms with Gasteiger partial charge in [-0.15, -0.1) is 0 Å². The minimum Gasteiger partial charge on any atom is -0.494 e. The molecule has 22 heavy (non-hydrogen) atoms. The third-order valence-electron chi connectivity index (χ3n) is 4.19. The molecule has 0 atom stereocenters. The normalized spacial score (nSPS) is 17.6. The molecule has 1 aromatic carbocycles. The van der Waals surface area contributed by atoms with Crippen molar-refractivity contribution in [3.05, 3.63) is 23.3 Å². The van der Waals surface area contributed by atoms with Gasteiger partial charge in [0.25, 0.3) is 0 Å². The molecular weight excluding hydrogens is 302 g/mol. The molecule has 0 saturated heterocycles. The van der Waals surface area contributed by atoms with Crippen molar-refractivity contribution in [1.29, 1.82) is 0 Å². The lowest BCUT2D eigenvalue weighted by Crippen LogP contribution is -2.40. The Bertz CT molecular complexity index is 634. The van der Waals surface area contributed by atoms with Gasteiger partial charge in [0.15, 0.2) is 0 Å². The van der Waals surface area contributed by atoms with Gasteiger partial charge in [0.1, 0.15) is 5.75 Å². The second-order valence-electron chi connectivity index (χ2n) is 6.07. The Morgan fingerprint density at radius 2 is 1.86 bits per heavy atom. The number of rotatable bonds is 6. The number of sulfonamides is 1. The minimum atomic E-state index is -3.64. The van der Waals surface area contributed by atoms with Gasteiger partial charge in [-0.05, 0) is 56.9 Å². The third kappa shape index (κ3) is 3.80. The van der Waals surface area contributed by atoms with E-state index in [0.717, 1.165) is 18.4 Å². The van der Waals surface area contributed by atoms with E-state index in [2.05, 4.69) is 4.72 Å². The smallest absolute Gasteiger partial charge is 0.240 e. The van der Waals surface area contributed by atoms with Crippen molar-refractivity contribution in [2.24, 2.45) is 0 Å². The quantitative estimate of drug-likeness (QED) is 0.840. The van der Waals surface area contributed by atoms with E-state index in [0.29, 0.717) is 30.8 Å². The number of ether oxygens (including phenoxy) is 1. The van der Waals surface area contributed by atoms with Gasteiger partial charge in [-0.2, -0.15) is 0 Å². The standard InChI is InChI=1S/C16H25NO4S/c1-4-21-14-9-13(3)15(10-12(14)2)22(19,20)17-11-16(18)7-5-6-8-16/h9-10,17-18H,4-8,11H2,1-3H3. The van der Waals surface area contributed by atoms with Crippen LogP contribution in [0.2, 0.25) is 0 Å². The van der Waals surface area contributed by atoms with E-state index >= 15 is 0 Å². The van der Waals surface area contributed by atoms with Crippen LogP contribution in [0.5, 0.6) is 5.75 Å². The molecule has 0 heterocycles. The van der Waals surface area contributed by atoms with Crippen molar-refractivity contribution in [3.8, 4) is 5.75 Å². The maximum absolute atomic E-state index is 12.5. The van der Waals surface area contributed by atoms with Crippen LogP contribution in [0, 0.1) is 13.8 Å². The monoisotopic (exact) mass is 327 g/mol. The predicted octanol–water partition coefficient (Wildman–Crippen LogP) is 2.29. The highest BCUT2D eigenvalue weighted by molar-refractivity contribution is 7.89. The summed E-state index contributed by atoms with van der Waals surface area (Å²) in [6.07, 6.45) is 3.19. The lowest BCUT2D eigenvalue weighted by molar-refractivity contribution is 0.0531. The van der Waals surface area contributed by atoms with Gasteiger partial charge in [0.05, 0.1) is 17.1 Å². The molecule has 1 fully saturated rings. The van der Waals surface area contributed by atoms with E-state index in [1.165, 1.54) is 0 Å². The summed E-state index contributed by atoms with van der Waals surface area (Å²) in [5, 5.41) is 10.3. The van der Waals surface area contributed by atoms with Crippen LogP contribution in [0.1, 0.15) is 43.7 Å². The summed E-state index contributed by atoms with van der Waals surface area (Å²) in [6, 6.07) is 3.37. The first-order valence-electron chi connectivity index (χ1n) is 7.73. The molecule has 0 amide bonds. The number of aliphatic hydroxyl groups is 1. The highest BCUT2D eigenvalue weighted by atomic mass is 32.2. The summed E-state index contributed by atoms with van der Waals surface area (Å²) >= 11 is 0. The molecule has 0 bridgehead atoms. The minimum absolute atomic E-state index is 0.0705. The van der Waals surface area contributed by atoms with Gasteiger partial charge in [-0.1, -0.05) is 12.8 Å². The van der Waals surface area contributed by atoms with E-state index in [-0.39, 0.29) is 11.4 Å². The van der Waals surface area contributed by atoms with E-state index in [9.17, 15) is 13.5 Å². The maximum Gasteiger partial charge on any atom is 0.240 e. The summed E-state index contributed by atoms with van der Waals surface area (Å²) < 4.78 is 33.1. The highest BCUT2D eigenvalue weighted by Crippen LogP contribution is 2.30. The predicted molar refractivity (Wildman–Crippen MR) is 85.7 cm³/mol. The van der Waals surface area contributed by atoms with Crippen molar-refractivity contribution in [2.45, 2.75) is 57.0 Å². The summed E-state index contributed by atoms with van der Waals surface area (Å²) in [7, 11) is -3.64. The van der Waals surface area contributed by atoms with Crippen LogP contribution in [0.3, 0.4) is 0 Å². The van der Waals surface area contributed by atoms with Crippen LogP contribution in [0.15, 0.2) is 17.0 Å². The average Bonchev–Trinajstić information content (AvgIpc) is 2.88. The Hall–Kier alpha value is -1.11. The van der Waals surface area contributed by atoms with Crippen LogP contribution in [-0.2, 0) is 10.0 Å². The van der Waals surface area contributed by atoms with E-state index in [1.807, 2.05) is 13.8 Å². The molecular formula is C16H25NO4S. The zero-order chi connectivity index (χ0) is 16.4. The Kier molecular flexibility index (Phi) is 5.14. The van der Waals surface area contributed by atoms with Gasteiger partial charge in [-0.25, -0.2) is 13.1 Å². The zero-order valence-corrected chi connectivity index (χ0v) is 14.3. The zero-order valence-electron chi connectivity index (χ0n) is 13.5. The van der Waals surface area contributed by atoms with Crippen molar-refractivity contribution in [1.82, 2.24) is 4.72 Å². The first kappa shape index (κ1) is 17.2. The topological polar surface area (TPSA) is 75.6 Å². The Balaban J connectivity index is 2.20. The molecule has 5 nitrogen and oxygen atoms in total.